The number of carbonyl (C=O) groups excluding carboxylic acids is 1. The van der Waals surface area contributed by atoms with Crippen LogP contribution in [0.25, 0.3) is 0 Å². The van der Waals surface area contributed by atoms with Crippen molar-refractivity contribution in [2.24, 2.45) is 11.5 Å². The Balaban J connectivity index is 1.95. The summed E-state index contributed by atoms with van der Waals surface area (Å²) in [5.74, 6) is -1.54. The van der Waals surface area contributed by atoms with E-state index >= 15 is 0 Å². The van der Waals surface area contributed by atoms with Crippen LogP contribution in [0.15, 0.2) is 91.0 Å². The van der Waals surface area contributed by atoms with Crippen molar-refractivity contribution < 1.29 is 24.2 Å². The molecule has 2 unspecified atom stereocenters. The summed E-state index contributed by atoms with van der Waals surface area (Å²) in [6, 6.07) is 24.9. The number of aliphatic carboxylic acids is 1. The maximum atomic E-state index is 12.0. The number of hydrogen-bond acceptors (Lipinski definition) is 6. The normalized spacial score (nSPS) is 13.7. The fraction of sp³-hybridized carbons (Fsp3) is 0.185. The number of hydrogen-bond donors (Lipinski definition) is 3. The molecule has 5 N–H and O–H groups in total. The molecule has 0 spiro atoms. The lowest BCUT2D eigenvalue weighted by Gasteiger charge is -2.34. The Morgan fingerprint density at radius 1 is 1.00 bits per heavy atom. The minimum atomic E-state index is -1.26. The molecule has 0 saturated heterocycles. The number of nitrogens with two attached hydrogens (primary N) is 2. The van der Waals surface area contributed by atoms with Crippen molar-refractivity contribution in [3.8, 4) is 5.75 Å². The van der Waals surface area contributed by atoms with Crippen LogP contribution in [0, 0.1) is 6.92 Å². The smallest absolute Gasteiger partial charge is 0.332 e. The van der Waals surface area contributed by atoms with Crippen LogP contribution in [0.3, 0.4) is 0 Å². The molecule has 0 saturated carbocycles. The molecule has 176 valence electrons. The maximum Gasteiger partial charge on any atom is 0.332 e. The first-order valence-electron chi connectivity index (χ1n) is 10.8. The van der Waals surface area contributed by atoms with Gasteiger partial charge in [-0.05, 0) is 24.1 Å². The molecule has 0 aliphatic rings. The van der Waals surface area contributed by atoms with Gasteiger partial charge in [0.15, 0.2) is 6.23 Å². The van der Waals surface area contributed by atoms with E-state index in [0.717, 1.165) is 22.8 Å². The van der Waals surface area contributed by atoms with Crippen molar-refractivity contribution in [2.45, 2.75) is 31.7 Å². The maximum absolute atomic E-state index is 12.0. The lowest BCUT2D eigenvalue weighted by atomic mass is 9.79. The monoisotopic (exact) mass is 460 g/mol. The molecule has 0 aromatic heterocycles. The van der Waals surface area contributed by atoms with E-state index in [1.54, 1.807) is 0 Å². The lowest BCUT2D eigenvalue weighted by molar-refractivity contribution is -0.144. The number of ether oxygens (including phenoxy) is 2. The summed E-state index contributed by atoms with van der Waals surface area (Å²) in [6.07, 6.45) is 0.440. The predicted molar refractivity (Wildman–Crippen MR) is 129 cm³/mol. The molecule has 34 heavy (non-hydrogen) atoms. The summed E-state index contributed by atoms with van der Waals surface area (Å²) >= 11 is 0. The fourth-order valence-electron chi connectivity index (χ4n) is 3.66. The second-order valence-electron chi connectivity index (χ2n) is 7.96. The van der Waals surface area contributed by atoms with Crippen LogP contribution < -0.4 is 16.2 Å². The highest BCUT2D eigenvalue weighted by atomic mass is 16.6. The molecule has 3 rings (SSSR count). The van der Waals surface area contributed by atoms with E-state index in [0.29, 0.717) is 24.0 Å². The first-order valence-corrected chi connectivity index (χ1v) is 10.8. The zero-order chi connectivity index (χ0) is 24.6. The molecule has 0 heterocycles. The molecule has 0 radical (unpaired) electrons. The molecule has 7 nitrogen and oxygen atoms in total. The second-order valence-corrected chi connectivity index (χ2v) is 7.96. The van der Waals surface area contributed by atoms with Gasteiger partial charge in [0.2, 0.25) is 0 Å². The fourth-order valence-corrected chi connectivity index (χ4v) is 3.66. The molecule has 0 bridgehead atoms. The Kier molecular flexibility index (Phi) is 8.19. The zero-order valence-corrected chi connectivity index (χ0v) is 18.9. The molecule has 3 aromatic rings. The van der Waals surface area contributed by atoms with E-state index in [9.17, 15) is 9.59 Å². The standard InChI is InChI=1S/C27H28N2O5/c1-19-12-13-23(33-18-20-8-4-2-5-9-20)22(16-19)27(29,21-10-6-3-7-11-21)17-24(28)34-26(32)15-14-25(30)31/h2-16,24H,17-18,28-29H2,1H3,(H,30,31)/b15-14+. The van der Waals surface area contributed by atoms with E-state index in [4.69, 9.17) is 26.0 Å². The minimum absolute atomic E-state index is 0.0365. The van der Waals surface area contributed by atoms with Gasteiger partial charge in [0.1, 0.15) is 12.4 Å². The van der Waals surface area contributed by atoms with Gasteiger partial charge in [0, 0.05) is 24.1 Å². The van der Waals surface area contributed by atoms with Crippen LogP contribution in [0.2, 0.25) is 0 Å². The van der Waals surface area contributed by atoms with Crippen LogP contribution in [0.4, 0.5) is 0 Å². The van der Waals surface area contributed by atoms with Gasteiger partial charge in [-0.25, -0.2) is 9.59 Å². The van der Waals surface area contributed by atoms with Gasteiger partial charge in [-0.15, -0.1) is 0 Å². The van der Waals surface area contributed by atoms with Crippen molar-refractivity contribution in [2.75, 3.05) is 0 Å². The van der Waals surface area contributed by atoms with Gasteiger partial charge in [0.05, 0.1) is 5.54 Å². The minimum Gasteiger partial charge on any atom is -0.489 e. The third kappa shape index (κ3) is 6.54. The average Bonchev–Trinajstić information content (AvgIpc) is 2.83. The number of carbonyl (C=O) groups is 2. The van der Waals surface area contributed by atoms with E-state index in [-0.39, 0.29) is 6.42 Å². The molecule has 3 aromatic carbocycles. The van der Waals surface area contributed by atoms with Crippen LogP contribution in [-0.2, 0) is 26.5 Å². The SMILES string of the molecule is Cc1ccc(OCc2ccccc2)c(C(N)(CC(N)OC(=O)/C=C/C(=O)O)c2ccccc2)c1. The molecule has 7 heteroatoms. The first kappa shape index (κ1) is 24.7. The van der Waals surface area contributed by atoms with Crippen molar-refractivity contribution in [3.63, 3.8) is 0 Å². The van der Waals surface area contributed by atoms with E-state index < -0.39 is 23.7 Å². The van der Waals surface area contributed by atoms with Crippen molar-refractivity contribution in [1.82, 2.24) is 0 Å². The third-order valence-electron chi connectivity index (χ3n) is 5.29. The van der Waals surface area contributed by atoms with E-state index in [1.165, 1.54) is 0 Å². The summed E-state index contributed by atoms with van der Waals surface area (Å²) in [4.78, 5) is 22.6. The van der Waals surface area contributed by atoms with Gasteiger partial charge in [0.25, 0.3) is 0 Å². The highest BCUT2D eigenvalue weighted by molar-refractivity contribution is 5.90. The highest BCUT2D eigenvalue weighted by Crippen LogP contribution is 2.38. The average molecular weight is 461 g/mol. The summed E-state index contributed by atoms with van der Waals surface area (Å²) in [7, 11) is 0. The van der Waals surface area contributed by atoms with Crippen LogP contribution in [-0.4, -0.2) is 23.3 Å². The second kappa shape index (κ2) is 11.3. The predicted octanol–water partition coefficient (Wildman–Crippen LogP) is 3.64. The molecular weight excluding hydrogens is 432 g/mol. The molecule has 0 fully saturated rings. The Bertz CT molecular complexity index is 1150. The number of benzene rings is 3. The Labute approximate surface area is 198 Å². The topological polar surface area (TPSA) is 125 Å². The summed E-state index contributed by atoms with van der Waals surface area (Å²) in [6.45, 7) is 2.30. The van der Waals surface area contributed by atoms with Gasteiger partial charge >= 0.3 is 11.9 Å². The Morgan fingerprint density at radius 3 is 2.29 bits per heavy atom. The van der Waals surface area contributed by atoms with Gasteiger partial charge < -0.3 is 20.3 Å². The molecule has 0 aliphatic heterocycles. The Hall–Kier alpha value is -3.94. The number of carboxylic acids is 1. The number of carboxylic acid groups (broad SMARTS) is 1. The molecule has 2 atom stereocenters. The largest absolute Gasteiger partial charge is 0.489 e. The quantitative estimate of drug-likeness (QED) is 0.240. The van der Waals surface area contributed by atoms with Gasteiger partial charge in [-0.3, -0.25) is 5.73 Å². The molecule has 0 aliphatic carbocycles. The van der Waals surface area contributed by atoms with Crippen molar-refractivity contribution in [1.29, 1.82) is 0 Å². The lowest BCUT2D eigenvalue weighted by Crippen LogP contribution is -2.45. The van der Waals surface area contributed by atoms with Crippen molar-refractivity contribution in [3.05, 3.63) is 113 Å². The molecular formula is C27H28N2O5. The van der Waals surface area contributed by atoms with Crippen molar-refractivity contribution >= 4 is 11.9 Å². The highest BCUT2D eigenvalue weighted by Gasteiger charge is 2.35. The van der Waals surface area contributed by atoms with Crippen LogP contribution in [0.1, 0.15) is 28.7 Å². The third-order valence-corrected chi connectivity index (χ3v) is 5.29. The van der Waals surface area contributed by atoms with Crippen LogP contribution in [0.5, 0.6) is 5.75 Å². The van der Waals surface area contributed by atoms with E-state index in [1.807, 2.05) is 85.8 Å². The van der Waals surface area contributed by atoms with E-state index in [2.05, 4.69) is 0 Å². The summed E-state index contributed by atoms with van der Waals surface area (Å²) < 4.78 is 11.4. The summed E-state index contributed by atoms with van der Waals surface area (Å²) in [5.41, 5.74) is 15.4. The first-order chi connectivity index (χ1) is 16.3. The van der Waals surface area contributed by atoms with Gasteiger partial charge in [-0.1, -0.05) is 78.4 Å². The van der Waals surface area contributed by atoms with Gasteiger partial charge in [-0.2, -0.15) is 0 Å². The number of esters is 1. The number of rotatable bonds is 10. The van der Waals surface area contributed by atoms with Crippen LogP contribution >= 0.6 is 0 Å². The Morgan fingerprint density at radius 2 is 1.65 bits per heavy atom. The number of aryl methyl sites for hydroxylation is 1. The zero-order valence-electron chi connectivity index (χ0n) is 18.9. The summed E-state index contributed by atoms with van der Waals surface area (Å²) in [5, 5.41) is 8.71. The molecule has 0 amide bonds.